The zero-order valence-corrected chi connectivity index (χ0v) is 13.7. The summed E-state index contributed by atoms with van der Waals surface area (Å²) in [4.78, 5) is 4.32. The summed E-state index contributed by atoms with van der Waals surface area (Å²) in [7, 11) is 0. The van der Waals surface area contributed by atoms with Gasteiger partial charge in [0.1, 0.15) is 5.75 Å². The van der Waals surface area contributed by atoms with Crippen molar-refractivity contribution in [2.75, 3.05) is 0 Å². The SMILES string of the molecule is CC(C)Oc1cccc(C(Br)C(C)c2ccncc2)c1. The van der Waals surface area contributed by atoms with Crippen LogP contribution in [0, 0.1) is 0 Å². The van der Waals surface area contributed by atoms with Gasteiger partial charge in [-0.05, 0) is 55.2 Å². The number of aromatic nitrogens is 1. The fraction of sp³-hybridized carbons (Fsp3) is 0.353. The number of hydrogen-bond donors (Lipinski definition) is 0. The topological polar surface area (TPSA) is 22.1 Å². The van der Waals surface area contributed by atoms with E-state index in [1.807, 2.05) is 38.4 Å². The summed E-state index contributed by atoms with van der Waals surface area (Å²) in [6.45, 7) is 6.29. The van der Waals surface area contributed by atoms with Crippen LogP contribution in [-0.2, 0) is 0 Å². The maximum atomic E-state index is 5.76. The molecule has 2 aromatic rings. The maximum absolute atomic E-state index is 5.76. The molecule has 0 spiro atoms. The Kier molecular flexibility index (Phi) is 5.18. The normalized spacial score (nSPS) is 14.1. The molecular weight excluding hydrogens is 314 g/mol. The average Bonchev–Trinajstić information content (AvgIpc) is 2.46. The summed E-state index contributed by atoms with van der Waals surface area (Å²) >= 11 is 3.81. The van der Waals surface area contributed by atoms with E-state index in [-0.39, 0.29) is 10.9 Å². The lowest BCUT2D eigenvalue weighted by molar-refractivity contribution is 0.242. The third-order valence-corrected chi connectivity index (χ3v) is 4.54. The maximum Gasteiger partial charge on any atom is 0.119 e. The molecular formula is C17H20BrNO. The molecule has 0 fully saturated rings. The Morgan fingerprint density at radius 2 is 1.70 bits per heavy atom. The number of pyridine rings is 1. The lowest BCUT2D eigenvalue weighted by Gasteiger charge is -2.20. The Bertz CT molecular complexity index is 542. The largest absolute Gasteiger partial charge is 0.491 e. The third-order valence-electron chi connectivity index (χ3n) is 3.22. The minimum Gasteiger partial charge on any atom is -0.491 e. The highest BCUT2D eigenvalue weighted by atomic mass is 79.9. The van der Waals surface area contributed by atoms with Gasteiger partial charge >= 0.3 is 0 Å². The van der Waals surface area contributed by atoms with Gasteiger partial charge in [-0.2, -0.15) is 0 Å². The second-order valence-corrected chi connectivity index (χ2v) is 6.20. The van der Waals surface area contributed by atoms with E-state index < -0.39 is 0 Å². The van der Waals surface area contributed by atoms with E-state index in [1.165, 1.54) is 11.1 Å². The van der Waals surface area contributed by atoms with Crippen molar-refractivity contribution < 1.29 is 4.74 Å². The molecule has 0 aliphatic carbocycles. The van der Waals surface area contributed by atoms with E-state index >= 15 is 0 Å². The molecule has 0 saturated carbocycles. The molecule has 1 heterocycles. The summed E-state index contributed by atoms with van der Waals surface area (Å²) in [5.74, 6) is 1.29. The minimum atomic E-state index is 0.191. The molecule has 0 amide bonds. The molecule has 0 bridgehead atoms. The molecule has 0 N–H and O–H groups in total. The number of hydrogen-bond acceptors (Lipinski definition) is 2. The molecule has 1 aromatic heterocycles. The molecule has 2 rings (SSSR count). The molecule has 2 unspecified atom stereocenters. The molecule has 0 aliphatic heterocycles. The predicted molar refractivity (Wildman–Crippen MR) is 86.5 cm³/mol. The molecule has 106 valence electrons. The van der Waals surface area contributed by atoms with Gasteiger partial charge in [0.05, 0.1) is 6.10 Å². The van der Waals surface area contributed by atoms with Crippen LogP contribution in [0.2, 0.25) is 0 Å². The second kappa shape index (κ2) is 6.89. The predicted octanol–water partition coefficient (Wildman–Crippen LogP) is 5.11. The van der Waals surface area contributed by atoms with Crippen LogP contribution in [0.5, 0.6) is 5.75 Å². The first kappa shape index (κ1) is 15.0. The van der Waals surface area contributed by atoms with E-state index in [1.54, 1.807) is 0 Å². The van der Waals surface area contributed by atoms with Crippen LogP contribution in [-0.4, -0.2) is 11.1 Å². The van der Waals surface area contributed by atoms with Gasteiger partial charge in [0, 0.05) is 17.2 Å². The minimum absolute atomic E-state index is 0.191. The number of nitrogens with zero attached hydrogens (tertiary/aromatic N) is 1. The van der Waals surface area contributed by atoms with Crippen LogP contribution in [0.4, 0.5) is 0 Å². The van der Waals surface area contributed by atoms with Crippen LogP contribution >= 0.6 is 15.9 Å². The monoisotopic (exact) mass is 333 g/mol. The van der Waals surface area contributed by atoms with Crippen LogP contribution in [0.25, 0.3) is 0 Å². The van der Waals surface area contributed by atoms with Crippen molar-refractivity contribution in [3.63, 3.8) is 0 Å². The van der Waals surface area contributed by atoms with Gasteiger partial charge in [-0.1, -0.05) is 35.0 Å². The lowest BCUT2D eigenvalue weighted by Crippen LogP contribution is -2.07. The summed E-state index contributed by atoms with van der Waals surface area (Å²) in [5.41, 5.74) is 2.50. The van der Waals surface area contributed by atoms with Crippen LogP contribution in [0.15, 0.2) is 48.8 Å². The quantitative estimate of drug-likeness (QED) is 0.709. The summed E-state index contributed by atoms with van der Waals surface area (Å²) in [5, 5.41) is 0. The van der Waals surface area contributed by atoms with Gasteiger partial charge in [0.15, 0.2) is 0 Å². The van der Waals surface area contributed by atoms with E-state index in [4.69, 9.17) is 4.74 Å². The second-order valence-electron chi connectivity index (χ2n) is 5.21. The van der Waals surface area contributed by atoms with Gasteiger partial charge in [0.2, 0.25) is 0 Å². The molecule has 20 heavy (non-hydrogen) atoms. The third kappa shape index (κ3) is 3.83. The van der Waals surface area contributed by atoms with Crippen molar-refractivity contribution in [1.29, 1.82) is 0 Å². The highest BCUT2D eigenvalue weighted by Gasteiger charge is 2.18. The molecule has 1 aromatic carbocycles. The Balaban J connectivity index is 2.18. The number of alkyl halides is 1. The van der Waals surface area contributed by atoms with Crippen LogP contribution in [0.3, 0.4) is 0 Å². The molecule has 2 nitrogen and oxygen atoms in total. The van der Waals surface area contributed by atoms with Gasteiger partial charge in [-0.15, -0.1) is 0 Å². The zero-order chi connectivity index (χ0) is 14.5. The molecule has 2 atom stereocenters. The molecule has 0 aliphatic rings. The van der Waals surface area contributed by atoms with E-state index in [0.29, 0.717) is 5.92 Å². The van der Waals surface area contributed by atoms with Gasteiger partial charge in [-0.3, -0.25) is 4.98 Å². The summed E-state index contributed by atoms with van der Waals surface area (Å²) < 4.78 is 5.76. The number of ether oxygens (including phenoxy) is 1. The lowest BCUT2D eigenvalue weighted by atomic mass is 9.94. The summed E-state index contributed by atoms with van der Waals surface area (Å²) in [6.07, 6.45) is 3.87. The molecule has 0 radical (unpaired) electrons. The Morgan fingerprint density at radius 3 is 2.35 bits per heavy atom. The number of benzene rings is 1. The summed E-state index contributed by atoms with van der Waals surface area (Å²) in [6, 6.07) is 12.4. The Hall–Kier alpha value is -1.35. The van der Waals surface area contributed by atoms with Gasteiger partial charge < -0.3 is 4.74 Å². The van der Waals surface area contributed by atoms with Gasteiger partial charge in [-0.25, -0.2) is 0 Å². The number of halogens is 1. The van der Waals surface area contributed by atoms with Crippen molar-refractivity contribution in [3.05, 3.63) is 59.9 Å². The highest BCUT2D eigenvalue weighted by molar-refractivity contribution is 9.09. The smallest absolute Gasteiger partial charge is 0.119 e. The van der Waals surface area contributed by atoms with Crippen LogP contribution < -0.4 is 4.74 Å². The number of rotatable bonds is 5. The average molecular weight is 334 g/mol. The van der Waals surface area contributed by atoms with E-state index in [0.717, 1.165) is 5.75 Å². The molecule has 0 saturated heterocycles. The van der Waals surface area contributed by atoms with Gasteiger partial charge in [0.25, 0.3) is 0 Å². The Labute approximate surface area is 129 Å². The fourth-order valence-electron chi connectivity index (χ4n) is 2.16. The first-order chi connectivity index (χ1) is 9.58. The van der Waals surface area contributed by atoms with E-state index in [9.17, 15) is 0 Å². The van der Waals surface area contributed by atoms with Crippen molar-refractivity contribution in [1.82, 2.24) is 4.98 Å². The first-order valence-corrected chi connectivity index (χ1v) is 7.80. The standard InChI is InChI=1S/C17H20BrNO/c1-12(2)20-16-6-4-5-15(11-16)17(18)13(3)14-7-9-19-10-8-14/h4-13,17H,1-3H3. The zero-order valence-electron chi connectivity index (χ0n) is 12.1. The van der Waals surface area contributed by atoms with Crippen LogP contribution in [0.1, 0.15) is 42.6 Å². The van der Waals surface area contributed by atoms with Crippen molar-refractivity contribution >= 4 is 15.9 Å². The Morgan fingerprint density at radius 1 is 1.00 bits per heavy atom. The first-order valence-electron chi connectivity index (χ1n) is 6.88. The van der Waals surface area contributed by atoms with E-state index in [2.05, 4.69) is 52.1 Å². The van der Waals surface area contributed by atoms with Crippen molar-refractivity contribution in [3.8, 4) is 5.75 Å². The van der Waals surface area contributed by atoms with Crippen molar-refractivity contribution in [2.45, 2.75) is 37.6 Å². The highest BCUT2D eigenvalue weighted by Crippen LogP contribution is 2.38. The fourth-order valence-corrected chi connectivity index (χ4v) is 2.75. The van der Waals surface area contributed by atoms with Crippen molar-refractivity contribution in [2.24, 2.45) is 0 Å². The molecule has 3 heteroatoms.